The third-order valence-electron chi connectivity index (χ3n) is 5.44. The van der Waals surface area contributed by atoms with Gasteiger partial charge in [-0.3, -0.25) is 4.79 Å². The van der Waals surface area contributed by atoms with Gasteiger partial charge in [-0.2, -0.15) is 0 Å². The molecule has 128 valence electrons. The molecule has 0 aromatic carbocycles. The summed E-state index contributed by atoms with van der Waals surface area (Å²) in [6.45, 7) is 7.32. The van der Waals surface area contributed by atoms with E-state index in [4.69, 9.17) is 14.2 Å². The number of esters is 2. The van der Waals surface area contributed by atoms with Crippen LogP contribution in [0.1, 0.15) is 40.0 Å². The zero-order valence-electron chi connectivity index (χ0n) is 14.2. The zero-order valence-corrected chi connectivity index (χ0v) is 14.2. The summed E-state index contributed by atoms with van der Waals surface area (Å²) in [7, 11) is 0. The van der Waals surface area contributed by atoms with Gasteiger partial charge < -0.3 is 14.2 Å². The van der Waals surface area contributed by atoms with Crippen molar-refractivity contribution < 1.29 is 23.8 Å². The normalized spacial score (nSPS) is 36.1. The maximum absolute atomic E-state index is 12.6. The minimum absolute atomic E-state index is 0.00886. The molecule has 0 aromatic heterocycles. The largest absolute Gasteiger partial charge is 0.462 e. The summed E-state index contributed by atoms with van der Waals surface area (Å²) in [4.78, 5) is 24.8. The lowest BCUT2D eigenvalue weighted by atomic mass is 9.63. The maximum Gasteiger partial charge on any atom is 0.337 e. The molecule has 1 saturated carbocycles. The molecular formula is C18H26O5. The number of fused-ring (bicyclic) bond motifs is 2. The molecule has 1 spiro atoms. The van der Waals surface area contributed by atoms with Crippen LogP contribution >= 0.6 is 0 Å². The number of carbonyl (C=O) groups is 2. The third-order valence-corrected chi connectivity index (χ3v) is 5.44. The Morgan fingerprint density at radius 2 is 2.22 bits per heavy atom. The number of allylic oxidation sites excluding steroid dienone is 1. The van der Waals surface area contributed by atoms with Crippen LogP contribution in [-0.4, -0.2) is 37.4 Å². The van der Waals surface area contributed by atoms with E-state index in [-0.39, 0.29) is 36.0 Å². The van der Waals surface area contributed by atoms with Crippen molar-refractivity contribution in [3.63, 3.8) is 0 Å². The molecule has 5 nitrogen and oxygen atoms in total. The van der Waals surface area contributed by atoms with Gasteiger partial charge in [0.25, 0.3) is 0 Å². The fourth-order valence-corrected chi connectivity index (χ4v) is 4.08. The Hall–Kier alpha value is -1.36. The Balaban J connectivity index is 1.90. The van der Waals surface area contributed by atoms with Crippen molar-refractivity contribution in [3.8, 4) is 0 Å². The molecule has 2 heterocycles. The smallest absolute Gasteiger partial charge is 0.337 e. The van der Waals surface area contributed by atoms with E-state index in [0.717, 1.165) is 19.3 Å². The fraction of sp³-hybridized carbons (Fsp3) is 0.778. The highest BCUT2D eigenvalue weighted by molar-refractivity contribution is 5.90. The Kier molecular flexibility index (Phi) is 4.50. The molecule has 3 rings (SSSR count). The highest BCUT2D eigenvalue weighted by atomic mass is 16.6. The standard InChI is InChI=1S/C18H26O5/c1-4-7-21-16(19)12-8-14-13(11(2)3)5-6-18(10-23-18)15(14)17(20)22-9-12/h8,11,13-15H,4-7,9-10H2,1-3H3/t13-,14+,15-,18-/m1/s1. The minimum atomic E-state index is -0.362. The van der Waals surface area contributed by atoms with Crippen LogP contribution < -0.4 is 0 Å². The molecule has 2 fully saturated rings. The molecule has 5 heteroatoms. The molecule has 0 N–H and O–H groups in total. The van der Waals surface area contributed by atoms with E-state index >= 15 is 0 Å². The summed E-state index contributed by atoms with van der Waals surface area (Å²) >= 11 is 0. The van der Waals surface area contributed by atoms with Crippen LogP contribution in [0.5, 0.6) is 0 Å². The number of ether oxygens (including phenoxy) is 3. The first-order valence-electron chi connectivity index (χ1n) is 8.67. The lowest BCUT2D eigenvalue weighted by Crippen LogP contribution is -2.45. The van der Waals surface area contributed by atoms with Gasteiger partial charge in [-0.15, -0.1) is 0 Å². The summed E-state index contributed by atoms with van der Waals surface area (Å²) in [5.74, 6) is -0.0970. The number of carbonyl (C=O) groups excluding carboxylic acids is 2. The van der Waals surface area contributed by atoms with E-state index in [1.807, 2.05) is 13.0 Å². The molecule has 1 saturated heterocycles. The fourth-order valence-electron chi connectivity index (χ4n) is 4.08. The number of epoxide rings is 1. The Labute approximate surface area is 137 Å². The van der Waals surface area contributed by atoms with E-state index in [1.165, 1.54) is 0 Å². The molecule has 0 amide bonds. The van der Waals surface area contributed by atoms with Crippen LogP contribution in [0.4, 0.5) is 0 Å². The second-order valence-electron chi connectivity index (χ2n) is 7.29. The summed E-state index contributed by atoms with van der Waals surface area (Å²) < 4.78 is 16.3. The number of rotatable bonds is 4. The summed E-state index contributed by atoms with van der Waals surface area (Å²) in [5.41, 5.74) is 0.120. The van der Waals surface area contributed by atoms with Gasteiger partial charge in [0.2, 0.25) is 0 Å². The Morgan fingerprint density at radius 1 is 1.48 bits per heavy atom. The van der Waals surface area contributed by atoms with Gasteiger partial charge in [0.05, 0.1) is 24.7 Å². The molecule has 0 radical (unpaired) electrons. The van der Waals surface area contributed by atoms with Crippen LogP contribution in [0.3, 0.4) is 0 Å². The second-order valence-corrected chi connectivity index (χ2v) is 7.29. The van der Waals surface area contributed by atoms with Gasteiger partial charge in [0.1, 0.15) is 12.2 Å². The van der Waals surface area contributed by atoms with Gasteiger partial charge in [-0.05, 0) is 37.0 Å². The van der Waals surface area contributed by atoms with Gasteiger partial charge in [0.15, 0.2) is 0 Å². The van der Waals surface area contributed by atoms with Crippen LogP contribution in [-0.2, 0) is 23.8 Å². The van der Waals surface area contributed by atoms with Crippen molar-refractivity contribution in [2.75, 3.05) is 19.8 Å². The first kappa shape index (κ1) is 16.5. The van der Waals surface area contributed by atoms with E-state index < -0.39 is 0 Å². The number of hydrogen-bond acceptors (Lipinski definition) is 5. The topological polar surface area (TPSA) is 65.1 Å². The van der Waals surface area contributed by atoms with Gasteiger partial charge in [0, 0.05) is 0 Å². The van der Waals surface area contributed by atoms with Gasteiger partial charge >= 0.3 is 11.9 Å². The van der Waals surface area contributed by atoms with Crippen molar-refractivity contribution in [2.24, 2.45) is 23.7 Å². The highest BCUT2D eigenvalue weighted by Crippen LogP contribution is 2.54. The highest BCUT2D eigenvalue weighted by Gasteiger charge is 2.62. The molecule has 1 aliphatic carbocycles. The molecule has 0 bridgehead atoms. The van der Waals surface area contributed by atoms with Crippen LogP contribution in [0.2, 0.25) is 0 Å². The summed E-state index contributed by atoms with van der Waals surface area (Å²) in [5, 5.41) is 0. The summed E-state index contributed by atoms with van der Waals surface area (Å²) in [6, 6.07) is 0. The number of cyclic esters (lactones) is 1. The third kappa shape index (κ3) is 3.03. The van der Waals surface area contributed by atoms with E-state index in [2.05, 4.69) is 13.8 Å². The summed E-state index contributed by atoms with van der Waals surface area (Å²) in [6.07, 6.45) is 4.63. The molecular weight excluding hydrogens is 296 g/mol. The van der Waals surface area contributed by atoms with Gasteiger partial charge in [-0.25, -0.2) is 4.79 Å². The molecule has 2 aliphatic heterocycles. The molecule has 0 aromatic rings. The van der Waals surface area contributed by atoms with Crippen molar-refractivity contribution in [3.05, 3.63) is 11.6 Å². The molecule has 0 unspecified atom stereocenters. The Bertz CT molecular complexity index is 518. The maximum atomic E-state index is 12.6. The monoisotopic (exact) mass is 322 g/mol. The average Bonchev–Trinajstić information content (AvgIpc) is 3.29. The molecule has 4 atom stereocenters. The SMILES string of the molecule is CCCOC(=O)C1=C[C@H]2[C@@H](C(C)C)CC[C@@]3(CO3)[C@H]2C(=O)OC1. The predicted octanol–water partition coefficient (Wildman–Crippen LogP) is 2.49. The van der Waals surface area contributed by atoms with Gasteiger partial charge in [-0.1, -0.05) is 26.8 Å². The first-order chi connectivity index (χ1) is 11.0. The van der Waals surface area contributed by atoms with Crippen molar-refractivity contribution in [1.29, 1.82) is 0 Å². The molecule has 23 heavy (non-hydrogen) atoms. The quantitative estimate of drug-likeness (QED) is 0.588. The second kappa shape index (κ2) is 6.27. The zero-order chi connectivity index (χ0) is 16.6. The number of hydrogen-bond donors (Lipinski definition) is 0. The van der Waals surface area contributed by atoms with Crippen molar-refractivity contribution >= 4 is 11.9 Å². The minimum Gasteiger partial charge on any atom is -0.462 e. The van der Waals surface area contributed by atoms with Crippen LogP contribution in [0.15, 0.2) is 11.6 Å². The van der Waals surface area contributed by atoms with Crippen molar-refractivity contribution in [2.45, 2.75) is 45.6 Å². The molecule has 3 aliphatic rings. The average molecular weight is 322 g/mol. The van der Waals surface area contributed by atoms with Crippen molar-refractivity contribution in [1.82, 2.24) is 0 Å². The van der Waals surface area contributed by atoms with E-state index in [9.17, 15) is 9.59 Å². The first-order valence-corrected chi connectivity index (χ1v) is 8.67. The van der Waals surface area contributed by atoms with E-state index in [0.29, 0.717) is 30.6 Å². The lowest BCUT2D eigenvalue weighted by Gasteiger charge is -2.40. The Morgan fingerprint density at radius 3 is 2.83 bits per heavy atom. The van der Waals surface area contributed by atoms with E-state index in [1.54, 1.807) is 0 Å². The predicted molar refractivity (Wildman–Crippen MR) is 83.5 cm³/mol. The lowest BCUT2D eigenvalue weighted by molar-refractivity contribution is -0.154. The van der Waals surface area contributed by atoms with Crippen LogP contribution in [0.25, 0.3) is 0 Å². The van der Waals surface area contributed by atoms with Crippen LogP contribution in [0, 0.1) is 23.7 Å².